The molecule has 116 valence electrons. The minimum absolute atomic E-state index is 0.501. The summed E-state index contributed by atoms with van der Waals surface area (Å²) in [5.41, 5.74) is 3.23. The van der Waals surface area contributed by atoms with Crippen LogP contribution in [0.25, 0.3) is 11.0 Å². The first-order valence-corrected chi connectivity index (χ1v) is 8.25. The van der Waals surface area contributed by atoms with Crippen molar-refractivity contribution in [3.63, 3.8) is 0 Å². The average Bonchev–Trinajstić information content (AvgIpc) is 3.00. The van der Waals surface area contributed by atoms with Gasteiger partial charge in [0.25, 0.3) is 0 Å². The molecule has 0 amide bonds. The van der Waals surface area contributed by atoms with Crippen LogP contribution in [0.2, 0.25) is 0 Å². The number of hydrogen-bond acceptors (Lipinski definition) is 5. The van der Waals surface area contributed by atoms with Gasteiger partial charge >= 0.3 is 0 Å². The lowest BCUT2D eigenvalue weighted by molar-refractivity contribution is 0.253. The second-order valence-electron chi connectivity index (χ2n) is 5.29. The van der Waals surface area contributed by atoms with Gasteiger partial charge < -0.3 is 9.64 Å². The van der Waals surface area contributed by atoms with E-state index in [0.717, 1.165) is 23.1 Å². The average molecular weight is 323 g/mol. The van der Waals surface area contributed by atoms with Crippen molar-refractivity contribution >= 4 is 22.4 Å². The molecule has 1 aromatic carbocycles. The smallest absolute Gasteiger partial charge is 0.249 e. The van der Waals surface area contributed by atoms with Crippen molar-refractivity contribution in [3.05, 3.63) is 52.3 Å². The molecule has 5 heteroatoms. The highest BCUT2D eigenvalue weighted by atomic mass is 32.1. The molecular formula is C18H17N3OS. The maximum Gasteiger partial charge on any atom is 0.249 e. The second-order valence-corrected chi connectivity index (χ2v) is 6.03. The predicted octanol–water partition coefficient (Wildman–Crippen LogP) is 3.03. The number of nitrogens with zero attached hydrogens (tertiary/aromatic N) is 3. The van der Waals surface area contributed by atoms with E-state index in [0.29, 0.717) is 18.2 Å². The summed E-state index contributed by atoms with van der Waals surface area (Å²) < 4.78 is 5.80. The van der Waals surface area contributed by atoms with Crippen molar-refractivity contribution in [2.24, 2.45) is 0 Å². The Hall–Kier alpha value is -2.42. The summed E-state index contributed by atoms with van der Waals surface area (Å²) in [6.07, 6.45) is 0. The van der Waals surface area contributed by atoms with Gasteiger partial charge in [-0.1, -0.05) is 24.1 Å². The summed E-state index contributed by atoms with van der Waals surface area (Å²) in [7, 11) is 4.01. The van der Waals surface area contributed by atoms with Crippen LogP contribution in [0.1, 0.15) is 11.3 Å². The Balaban J connectivity index is 1.91. The molecule has 0 radical (unpaired) electrons. The highest BCUT2D eigenvalue weighted by Crippen LogP contribution is 2.21. The first-order chi connectivity index (χ1) is 11.2. The van der Waals surface area contributed by atoms with Crippen LogP contribution < -0.4 is 4.74 Å². The van der Waals surface area contributed by atoms with E-state index in [-0.39, 0.29) is 0 Å². The minimum Gasteiger partial charge on any atom is -0.474 e. The van der Waals surface area contributed by atoms with Crippen molar-refractivity contribution in [2.75, 3.05) is 27.2 Å². The molecule has 0 N–H and O–H groups in total. The summed E-state index contributed by atoms with van der Waals surface area (Å²) >= 11 is 1.58. The molecule has 0 fully saturated rings. The fourth-order valence-corrected chi connectivity index (χ4v) is 2.61. The summed E-state index contributed by atoms with van der Waals surface area (Å²) in [5, 5.41) is 3.94. The van der Waals surface area contributed by atoms with E-state index in [1.165, 1.54) is 0 Å². The van der Waals surface area contributed by atoms with Gasteiger partial charge in [0, 0.05) is 22.9 Å². The SMILES string of the molecule is CN(C)CCOc1nc2cscc2nc1C#Cc1ccccc1. The van der Waals surface area contributed by atoms with Crippen LogP contribution in [0, 0.1) is 11.8 Å². The van der Waals surface area contributed by atoms with E-state index >= 15 is 0 Å². The molecule has 23 heavy (non-hydrogen) atoms. The third kappa shape index (κ3) is 4.07. The van der Waals surface area contributed by atoms with Gasteiger partial charge in [-0.05, 0) is 32.1 Å². The number of hydrogen-bond donors (Lipinski definition) is 0. The first kappa shape index (κ1) is 15.5. The highest BCUT2D eigenvalue weighted by Gasteiger charge is 2.09. The fourth-order valence-electron chi connectivity index (χ4n) is 1.94. The van der Waals surface area contributed by atoms with Crippen LogP contribution in [-0.4, -0.2) is 42.1 Å². The number of aromatic nitrogens is 2. The third-order valence-corrected chi connectivity index (χ3v) is 3.87. The molecule has 3 aromatic rings. The summed E-state index contributed by atoms with van der Waals surface area (Å²) in [4.78, 5) is 11.2. The topological polar surface area (TPSA) is 38.2 Å². The molecular weight excluding hydrogens is 306 g/mol. The molecule has 0 unspecified atom stereocenters. The van der Waals surface area contributed by atoms with Crippen LogP contribution in [-0.2, 0) is 0 Å². The van der Waals surface area contributed by atoms with E-state index in [1.807, 2.05) is 55.2 Å². The zero-order chi connectivity index (χ0) is 16.1. The Morgan fingerprint density at radius 3 is 2.52 bits per heavy atom. The van der Waals surface area contributed by atoms with Gasteiger partial charge in [-0.25, -0.2) is 9.97 Å². The molecule has 0 aliphatic carbocycles. The molecule has 0 bridgehead atoms. The highest BCUT2D eigenvalue weighted by molar-refractivity contribution is 7.09. The van der Waals surface area contributed by atoms with Crippen LogP contribution in [0.5, 0.6) is 5.88 Å². The Bertz CT molecular complexity index is 847. The van der Waals surface area contributed by atoms with Crippen LogP contribution in [0.15, 0.2) is 41.1 Å². The van der Waals surface area contributed by atoms with E-state index in [9.17, 15) is 0 Å². The molecule has 0 spiro atoms. The van der Waals surface area contributed by atoms with Gasteiger partial charge in [0.2, 0.25) is 5.88 Å². The van der Waals surface area contributed by atoms with E-state index in [1.54, 1.807) is 11.3 Å². The summed E-state index contributed by atoms with van der Waals surface area (Å²) in [6, 6.07) is 9.84. The van der Waals surface area contributed by atoms with Crippen molar-refractivity contribution in [3.8, 4) is 17.7 Å². The monoisotopic (exact) mass is 323 g/mol. The quantitative estimate of drug-likeness (QED) is 0.692. The molecule has 2 aromatic heterocycles. The van der Waals surface area contributed by atoms with E-state index in [4.69, 9.17) is 4.74 Å². The maximum absolute atomic E-state index is 5.80. The molecule has 0 aliphatic heterocycles. The Morgan fingerprint density at radius 1 is 1.04 bits per heavy atom. The van der Waals surface area contributed by atoms with Gasteiger partial charge in [0.15, 0.2) is 5.69 Å². The summed E-state index contributed by atoms with van der Waals surface area (Å²) in [6.45, 7) is 1.37. The number of thiophene rings is 1. The van der Waals surface area contributed by atoms with Crippen molar-refractivity contribution < 1.29 is 4.74 Å². The largest absolute Gasteiger partial charge is 0.474 e. The van der Waals surface area contributed by atoms with E-state index < -0.39 is 0 Å². The van der Waals surface area contributed by atoms with Crippen molar-refractivity contribution in [1.82, 2.24) is 14.9 Å². The predicted molar refractivity (Wildman–Crippen MR) is 93.9 cm³/mol. The van der Waals surface area contributed by atoms with Crippen LogP contribution in [0.4, 0.5) is 0 Å². The van der Waals surface area contributed by atoms with Gasteiger partial charge in [0.05, 0.1) is 0 Å². The number of likely N-dealkylation sites (N-methyl/N-ethyl adjacent to an activating group) is 1. The summed E-state index contributed by atoms with van der Waals surface area (Å²) in [5.74, 6) is 6.71. The minimum atomic E-state index is 0.501. The normalized spacial score (nSPS) is 10.6. The fraction of sp³-hybridized carbons (Fsp3) is 0.222. The molecule has 0 saturated carbocycles. The van der Waals surface area contributed by atoms with Gasteiger partial charge in [-0.15, -0.1) is 11.3 Å². The number of ether oxygens (including phenoxy) is 1. The van der Waals surface area contributed by atoms with Crippen molar-refractivity contribution in [1.29, 1.82) is 0 Å². The van der Waals surface area contributed by atoms with Crippen molar-refractivity contribution in [2.45, 2.75) is 0 Å². The lowest BCUT2D eigenvalue weighted by Gasteiger charge is -2.11. The number of fused-ring (bicyclic) bond motifs is 1. The Morgan fingerprint density at radius 2 is 1.78 bits per heavy atom. The van der Waals surface area contributed by atoms with Crippen LogP contribution in [0.3, 0.4) is 0 Å². The number of rotatable bonds is 4. The van der Waals surface area contributed by atoms with E-state index in [2.05, 4.69) is 26.7 Å². The number of benzene rings is 1. The zero-order valence-electron chi connectivity index (χ0n) is 13.1. The maximum atomic E-state index is 5.80. The Kier molecular flexibility index (Phi) is 4.86. The molecule has 0 saturated heterocycles. The molecule has 0 atom stereocenters. The van der Waals surface area contributed by atoms with Gasteiger partial charge in [0.1, 0.15) is 17.6 Å². The molecule has 3 rings (SSSR count). The molecule has 2 heterocycles. The zero-order valence-corrected chi connectivity index (χ0v) is 13.9. The molecule has 4 nitrogen and oxygen atoms in total. The lowest BCUT2D eigenvalue weighted by Crippen LogP contribution is -2.20. The van der Waals surface area contributed by atoms with Gasteiger partial charge in [-0.3, -0.25) is 0 Å². The third-order valence-electron chi connectivity index (χ3n) is 3.15. The molecule has 0 aliphatic rings. The first-order valence-electron chi connectivity index (χ1n) is 7.31. The Labute approximate surface area is 139 Å². The van der Waals surface area contributed by atoms with Gasteiger partial charge in [-0.2, -0.15) is 0 Å². The second kappa shape index (κ2) is 7.23. The van der Waals surface area contributed by atoms with Crippen LogP contribution >= 0.6 is 11.3 Å². The lowest BCUT2D eigenvalue weighted by atomic mass is 10.2. The standard InChI is InChI=1S/C18H17N3OS/c1-21(2)10-11-22-18-15(9-8-14-6-4-3-5-7-14)19-16-12-23-13-17(16)20-18/h3-7,12-13H,10-11H2,1-2H3.